The molecule has 0 rings (SSSR count). The summed E-state index contributed by atoms with van der Waals surface area (Å²) in [5.74, 6) is 0. The van der Waals surface area contributed by atoms with Crippen LogP contribution in [-0.2, 0) is 0 Å². The summed E-state index contributed by atoms with van der Waals surface area (Å²) in [6, 6.07) is 0.333. The number of nitrogens with zero attached hydrogens (tertiary/aromatic N) is 1. The molecule has 0 aliphatic carbocycles. The van der Waals surface area contributed by atoms with Crippen LogP contribution < -0.4 is 5.73 Å². The smallest absolute Gasteiger partial charge is 0.00179 e. The monoisotopic (exact) mass is 244 g/mol. The molecule has 0 aliphatic heterocycles. The lowest BCUT2D eigenvalue weighted by Crippen LogP contribution is -2.27. The molecule has 0 saturated heterocycles. The molecule has 0 aromatic rings. The van der Waals surface area contributed by atoms with Crippen molar-refractivity contribution in [1.29, 1.82) is 0 Å². The Kier molecular flexibility index (Phi) is 18.0. The summed E-state index contributed by atoms with van der Waals surface area (Å²) >= 11 is 0. The van der Waals surface area contributed by atoms with E-state index in [2.05, 4.69) is 25.7 Å². The molecule has 2 nitrogen and oxygen atoms in total. The SMILES string of the molecule is CC(C)N.CCCCN(CCCC)CCCC. The van der Waals surface area contributed by atoms with Crippen LogP contribution in [0.5, 0.6) is 0 Å². The first-order valence-corrected chi connectivity index (χ1v) is 7.56. The molecule has 0 aliphatic rings. The summed E-state index contributed by atoms with van der Waals surface area (Å²) in [7, 11) is 0. The van der Waals surface area contributed by atoms with E-state index in [9.17, 15) is 0 Å². The van der Waals surface area contributed by atoms with Gasteiger partial charge >= 0.3 is 0 Å². The first-order valence-electron chi connectivity index (χ1n) is 7.56. The fourth-order valence-corrected chi connectivity index (χ4v) is 1.48. The molecule has 0 radical (unpaired) electrons. The summed E-state index contributed by atoms with van der Waals surface area (Å²) in [4.78, 5) is 2.64. The van der Waals surface area contributed by atoms with Crippen molar-refractivity contribution in [3.05, 3.63) is 0 Å². The highest BCUT2D eigenvalue weighted by atomic mass is 15.1. The summed E-state index contributed by atoms with van der Waals surface area (Å²) in [5, 5.41) is 0. The standard InChI is InChI=1S/C12H27N.C3H9N/c1-4-7-10-13(11-8-5-2)12-9-6-3;1-3(2)4/h4-12H2,1-3H3;3H,4H2,1-2H3. The van der Waals surface area contributed by atoms with E-state index < -0.39 is 0 Å². The van der Waals surface area contributed by atoms with Gasteiger partial charge in [-0.3, -0.25) is 0 Å². The van der Waals surface area contributed by atoms with Crippen LogP contribution in [0.4, 0.5) is 0 Å². The average Bonchev–Trinajstić information content (AvgIpc) is 2.27. The first-order chi connectivity index (χ1) is 8.08. The van der Waals surface area contributed by atoms with Crippen LogP contribution in [0.25, 0.3) is 0 Å². The molecule has 0 unspecified atom stereocenters. The molecule has 106 valence electrons. The Bertz CT molecular complexity index is 102. The molecule has 0 heterocycles. The molecule has 2 heteroatoms. The normalized spacial score (nSPS) is 10.6. The Morgan fingerprint density at radius 2 is 1.00 bits per heavy atom. The third-order valence-corrected chi connectivity index (χ3v) is 2.48. The number of nitrogens with two attached hydrogens (primary N) is 1. The lowest BCUT2D eigenvalue weighted by atomic mass is 10.2. The van der Waals surface area contributed by atoms with Crippen molar-refractivity contribution in [2.75, 3.05) is 19.6 Å². The molecule has 0 saturated carbocycles. The van der Waals surface area contributed by atoms with Gasteiger partial charge in [-0.1, -0.05) is 53.9 Å². The van der Waals surface area contributed by atoms with Gasteiger partial charge in [-0.15, -0.1) is 0 Å². The van der Waals surface area contributed by atoms with Gasteiger partial charge in [0, 0.05) is 0 Å². The third kappa shape index (κ3) is 21.7. The topological polar surface area (TPSA) is 29.3 Å². The van der Waals surface area contributed by atoms with Crippen LogP contribution in [0.2, 0.25) is 0 Å². The van der Waals surface area contributed by atoms with Crippen molar-refractivity contribution in [2.45, 2.75) is 79.2 Å². The highest BCUT2D eigenvalue weighted by molar-refractivity contribution is 4.57. The Hall–Kier alpha value is -0.0800. The van der Waals surface area contributed by atoms with E-state index in [1.165, 1.54) is 58.2 Å². The van der Waals surface area contributed by atoms with Gasteiger partial charge in [-0.2, -0.15) is 0 Å². The third-order valence-electron chi connectivity index (χ3n) is 2.48. The molecule has 0 aromatic heterocycles. The van der Waals surface area contributed by atoms with Gasteiger partial charge in [-0.25, -0.2) is 0 Å². The van der Waals surface area contributed by atoms with Gasteiger partial charge in [-0.05, 0) is 44.9 Å². The minimum absolute atomic E-state index is 0.333. The van der Waals surface area contributed by atoms with Gasteiger partial charge < -0.3 is 10.6 Å². The predicted octanol–water partition coefficient (Wildman–Crippen LogP) is 4.04. The zero-order valence-electron chi connectivity index (χ0n) is 13.0. The van der Waals surface area contributed by atoms with Crippen LogP contribution in [-0.4, -0.2) is 30.6 Å². The molecule has 17 heavy (non-hydrogen) atoms. The fourth-order valence-electron chi connectivity index (χ4n) is 1.48. The molecule has 0 bridgehead atoms. The molecule has 0 spiro atoms. The maximum atomic E-state index is 5.11. The van der Waals surface area contributed by atoms with Gasteiger partial charge in [0.25, 0.3) is 0 Å². The van der Waals surface area contributed by atoms with Gasteiger partial charge in [0.05, 0.1) is 0 Å². The van der Waals surface area contributed by atoms with E-state index in [1.54, 1.807) is 0 Å². The zero-order chi connectivity index (χ0) is 13.5. The number of unbranched alkanes of at least 4 members (excludes halogenated alkanes) is 3. The minimum Gasteiger partial charge on any atom is -0.328 e. The van der Waals surface area contributed by atoms with Crippen LogP contribution >= 0.6 is 0 Å². The van der Waals surface area contributed by atoms with E-state index in [4.69, 9.17) is 5.73 Å². The van der Waals surface area contributed by atoms with Gasteiger partial charge in [0.1, 0.15) is 0 Å². The fraction of sp³-hybridized carbons (Fsp3) is 1.00. The minimum atomic E-state index is 0.333. The maximum absolute atomic E-state index is 5.11. The quantitative estimate of drug-likeness (QED) is 0.663. The summed E-state index contributed by atoms with van der Waals surface area (Å²) in [6.45, 7) is 14.7. The van der Waals surface area contributed by atoms with Crippen molar-refractivity contribution >= 4 is 0 Å². The van der Waals surface area contributed by atoms with Crippen LogP contribution in [0.15, 0.2) is 0 Å². The maximum Gasteiger partial charge on any atom is -0.00179 e. The predicted molar refractivity (Wildman–Crippen MR) is 80.5 cm³/mol. The molecule has 0 atom stereocenters. The number of hydrogen-bond acceptors (Lipinski definition) is 2. The van der Waals surface area contributed by atoms with Crippen molar-refractivity contribution in [1.82, 2.24) is 4.90 Å². The Balaban J connectivity index is 0. The molecular formula is C15H36N2. The molecule has 0 fully saturated rings. The summed E-state index contributed by atoms with van der Waals surface area (Å²) in [5.41, 5.74) is 5.11. The number of rotatable bonds is 9. The van der Waals surface area contributed by atoms with Crippen molar-refractivity contribution in [3.63, 3.8) is 0 Å². The van der Waals surface area contributed by atoms with Crippen LogP contribution in [0.3, 0.4) is 0 Å². The van der Waals surface area contributed by atoms with E-state index in [1.807, 2.05) is 13.8 Å². The Morgan fingerprint density at radius 1 is 0.765 bits per heavy atom. The average molecular weight is 244 g/mol. The summed E-state index contributed by atoms with van der Waals surface area (Å²) in [6.07, 6.45) is 8.09. The lowest BCUT2D eigenvalue weighted by molar-refractivity contribution is 0.261. The van der Waals surface area contributed by atoms with Crippen LogP contribution in [0, 0.1) is 0 Å². The molecule has 0 aromatic carbocycles. The van der Waals surface area contributed by atoms with Gasteiger partial charge in [0.2, 0.25) is 0 Å². The molecular weight excluding hydrogens is 208 g/mol. The first kappa shape index (κ1) is 19.3. The second kappa shape index (κ2) is 15.9. The summed E-state index contributed by atoms with van der Waals surface area (Å²) < 4.78 is 0. The highest BCUT2D eigenvalue weighted by Crippen LogP contribution is 2.01. The van der Waals surface area contributed by atoms with Crippen molar-refractivity contribution in [2.24, 2.45) is 5.73 Å². The Labute approximate surface area is 110 Å². The largest absolute Gasteiger partial charge is 0.328 e. The zero-order valence-corrected chi connectivity index (χ0v) is 13.0. The van der Waals surface area contributed by atoms with E-state index in [-0.39, 0.29) is 0 Å². The van der Waals surface area contributed by atoms with E-state index >= 15 is 0 Å². The van der Waals surface area contributed by atoms with Crippen molar-refractivity contribution < 1.29 is 0 Å². The Morgan fingerprint density at radius 3 is 1.18 bits per heavy atom. The molecule has 2 N–H and O–H groups in total. The van der Waals surface area contributed by atoms with Gasteiger partial charge in [0.15, 0.2) is 0 Å². The lowest BCUT2D eigenvalue weighted by Gasteiger charge is -2.21. The second-order valence-electron chi connectivity index (χ2n) is 5.15. The second-order valence-corrected chi connectivity index (χ2v) is 5.15. The number of hydrogen-bond donors (Lipinski definition) is 1. The van der Waals surface area contributed by atoms with Crippen molar-refractivity contribution in [3.8, 4) is 0 Å². The van der Waals surface area contributed by atoms with Crippen LogP contribution in [0.1, 0.15) is 73.1 Å². The highest BCUT2D eigenvalue weighted by Gasteiger charge is 2.01. The van der Waals surface area contributed by atoms with E-state index in [0.717, 1.165) is 0 Å². The van der Waals surface area contributed by atoms with E-state index in [0.29, 0.717) is 6.04 Å². The molecule has 0 amide bonds.